The molecular formula is C22H30N6O2. The number of anilines is 2. The van der Waals surface area contributed by atoms with Gasteiger partial charge in [0.25, 0.3) is 5.56 Å². The number of imidazole rings is 1. The number of nitrogens with zero attached hydrogens (tertiary/aromatic N) is 6. The molecule has 3 heterocycles. The quantitative estimate of drug-likeness (QED) is 0.581. The number of hydrogen-bond acceptors (Lipinski definition) is 5. The number of benzene rings is 1. The molecule has 0 saturated carbocycles. The Hall–Kier alpha value is -3.03. The minimum atomic E-state index is -0.342. The highest BCUT2D eigenvalue weighted by Gasteiger charge is 2.25. The molecule has 1 saturated heterocycles. The van der Waals surface area contributed by atoms with Gasteiger partial charge >= 0.3 is 5.69 Å². The summed E-state index contributed by atoms with van der Waals surface area (Å²) in [6, 6.07) is 10.4. The predicted molar refractivity (Wildman–Crippen MR) is 121 cm³/mol. The maximum Gasteiger partial charge on any atom is 0.332 e. The van der Waals surface area contributed by atoms with Gasteiger partial charge < -0.3 is 14.4 Å². The number of piperazine rings is 1. The zero-order valence-corrected chi connectivity index (χ0v) is 18.0. The average Bonchev–Trinajstić information content (AvgIpc) is 3.17. The largest absolute Gasteiger partial charge is 0.368 e. The van der Waals surface area contributed by atoms with Crippen LogP contribution in [0.5, 0.6) is 0 Å². The SMILES string of the molecule is CCCCCn1c(N2CCN(c3ccccc3)CC2)nc2c1c(=O)n(C)c(=O)n2C. The molecule has 1 fully saturated rings. The van der Waals surface area contributed by atoms with Crippen LogP contribution >= 0.6 is 0 Å². The number of fused-ring (bicyclic) bond motifs is 1. The van der Waals surface area contributed by atoms with Crippen molar-refractivity contribution in [1.29, 1.82) is 0 Å². The maximum atomic E-state index is 13.0. The van der Waals surface area contributed by atoms with E-state index in [1.54, 1.807) is 7.05 Å². The highest BCUT2D eigenvalue weighted by Crippen LogP contribution is 2.23. The zero-order chi connectivity index (χ0) is 21.3. The van der Waals surface area contributed by atoms with Gasteiger partial charge in [-0.2, -0.15) is 4.98 Å². The third-order valence-electron chi connectivity index (χ3n) is 6.00. The van der Waals surface area contributed by atoms with Crippen LogP contribution in [0.2, 0.25) is 0 Å². The van der Waals surface area contributed by atoms with Crippen LogP contribution in [0.3, 0.4) is 0 Å². The summed E-state index contributed by atoms with van der Waals surface area (Å²) >= 11 is 0. The van der Waals surface area contributed by atoms with Crippen LogP contribution in [0.4, 0.5) is 11.6 Å². The minimum absolute atomic E-state index is 0.272. The molecule has 0 amide bonds. The van der Waals surface area contributed by atoms with Crippen LogP contribution in [-0.2, 0) is 20.6 Å². The van der Waals surface area contributed by atoms with E-state index < -0.39 is 0 Å². The van der Waals surface area contributed by atoms with Crippen molar-refractivity contribution in [3.8, 4) is 0 Å². The molecule has 0 N–H and O–H groups in total. The van der Waals surface area contributed by atoms with Crippen LogP contribution < -0.4 is 21.0 Å². The molecule has 2 aromatic heterocycles. The molecule has 8 nitrogen and oxygen atoms in total. The van der Waals surface area contributed by atoms with E-state index in [1.165, 1.54) is 21.9 Å². The fourth-order valence-corrected chi connectivity index (χ4v) is 4.21. The van der Waals surface area contributed by atoms with Crippen molar-refractivity contribution in [2.45, 2.75) is 32.7 Å². The zero-order valence-electron chi connectivity index (χ0n) is 18.0. The summed E-state index contributed by atoms with van der Waals surface area (Å²) in [7, 11) is 3.22. The first-order chi connectivity index (χ1) is 14.5. The van der Waals surface area contributed by atoms with Gasteiger partial charge in [0, 0.05) is 52.5 Å². The van der Waals surface area contributed by atoms with Crippen LogP contribution in [-0.4, -0.2) is 44.9 Å². The summed E-state index contributed by atoms with van der Waals surface area (Å²) < 4.78 is 4.69. The molecule has 0 radical (unpaired) electrons. The molecule has 3 aromatic rings. The lowest BCUT2D eigenvalue weighted by atomic mass is 10.2. The van der Waals surface area contributed by atoms with Gasteiger partial charge in [-0.25, -0.2) is 4.79 Å². The maximum absolute atomic E-state index is 13.0. The average molecular weight is 411 g/mol. The van der Waals surface area contributed by atoms with Crippen molar-refractivity contribution in [2.75, 3.05) is 36.0 Å². The lowest BCUT2D eigenvalue weighted by molar-refractivity contribution is 0.581. The number of aromatic nitrogens is 4. The summed E-state index contributed by atoms with van der Waals surface area (Å²) in [5.41, 5.74) is 1.61. The Morgan fingerprint density at radius 3 is 2.23 bits per heavy atom. The molecule has 0 bridgehead atoms. The van der Waals surface area contributed by atoms with Crippen molar-refractivity contribution >= 4 is 22.8 Å². The van der Waals surface area contributed by atoms with E-state index in [9.17, 15) is 9.59 Å². The Labute approximate surface area is 176 Å². The summed E-state index contributed by atoms with van der Waals surface area (Å²) in [4.78, 5) is 34.8. The molecule has 160 valence electrons. The summed E-state index contributed by atoms with van der Waals surface area (Å²) in [6.45, 7) is 6.31. The van der Waals surface area contributed by atoms with E-state index in [0.29, 0.717) is 11.2 Å². The van der Waals surface area contributed by atoms with Gasteiger partial charge in [-0.3, -0.25) is 13.9 Å². The monoisotopic (exact) mass is 410 g/mol. The third kappa shape index (κ3) is 3.51. The first kappa shape index (κ1) is 20.3. The van der Waals surface area contributed by atoms with E-state index in [2.05, 4.69) is 41.0 Å². The van der Waals surface area contributed by atoms with Gasteiger partial charge in [0.15, 0.2) is 11.2 Å². The molecule has 0 atom stereocenters. The summed E-state index contributed by atoms with van der Waals surface area (Å²) in [5, 5.41) is 0. The van der Waals surface area contributed by atoms with Crippen LogP contribution in [0, 0.1) is 0 Å². The Morgan fingerprint density at radius 1 is 0.900 bits per heavy atom. The molecule has 8 heteroatoms. The number of para-hydroxylation sites is 1. The topological polar surface area (TPSA) is 68.3 Å². The number of aryl methyl sites for hydroxylation is 2. The van der Waals surface area contributed by atoms with Crippen molar-refractivity contribution in [1.82, 2.24) is 18.7 Å². The van der Waals surface area contributed by atoms with Crippen LogP contribution in [0.1, 0.15) is 26.2 Å². The highest BCUT2D eigenvalue weighted by atomic mass is 16.2. The van der Waals surface area contributed by atoms with E-state index in [0.717, 1.165) is 57.9 Å². The van der Waals surface area contributed by atoms with Gasteiger partial charge in [0.1, 0.15) is 0 Å². The molecule has 0 aliphatic carbocycles. The van der Waals surface area contributed by atoms with Crippen molar-refractivity contribution < 1.29 is 0 Å². The summed E-state index contributed by atoms with van der Waals surface area (Å²) in [5.74, 6) is 0.798. The predicted octanol–water partition coefficient (Wildman–Crippen LogP) is 1.95. The number of rotatable bonds is 6. The van der Waals surface area contributed by atoms with Crippen molar-refractivity contribution in [3.63, 3.8) is 0 Å². The first-order valence-corrected chi connectivity index (χ1v) is 10.7. The van der Waals surface area contributed by atoms with E-state index in [1.807, 2.05) is 10.6 Å². The molecule has 4 rings (SSSR count). The van der Waals surface area contributed by atoms with E-state index in [-0.39, 0.29) is 11.2 Å². The number of unbranched alkanes of at least 4 members (excludes halogenated alkanes) is 2. The normalized spacial score (nSPS) is 14.6. The number of hydrogen-bond donors (Lipinski definition) is 0. The van der Waals surface area contributed by atoms with Gasteiger partial charge in [-0.15, -0.1) is 0 Å². The Kier molecular flexibility index (Phi) is 5.65. The standard InChI is InChI=1S/C22H30N6O2/c1-4-5-9-12-28-18-19(24(2)22(30)25(3)20(18)29)23-21(28)27-15-13-26(14-16-27)17-10-7-6-8-11-17/h6-8,10-11H,4-5,9,12-16H2,1-3H3. The summed E-state index contributed by atoms with van der Waals surface area (Å²) in [6.07, 6.45) is 3.17. The fraction of sp³-hybridized carbons (Fsp3) is 0.500. The second-order valence-corrected chi connectivity index (χ2v) is 7.96. The molecule has 30 heavy (non-hydrogen) atoms. The van der Waals surface area contributed by atoms with Gasteiger partial charge in [0.05, 0.1) is 0 Å². The van der Waals surface area contributed by atoms with Gasteiger partial charge in [0.2, 0.25) is 5.95 Å². The van der Waals surface area contributed by atoms with Gasteiger partial charge in [-0.05, 0) is 18.6 Å². The third-order valence-corrected chi connectivity index (χ3v) is 6.00. The van der Waals surface area contributed by atoms with Crippen LogP contribution in [0.15, 0.2) is 39.9 Å². The van der Waals surface area contributed by atoms with Crippen molar-refractivity contribution in [2.24, 2.45) is 14.1 Å². The van der Waals surface area contributed by atoms with Crippen LogP contribution in [0.25, 0.3) is 11.2 Å². The lowest BCUT2D eigenvalue weighted by Gasteiger charge is -2.36. The molecule has 0 unspecified atom stereocenters. The molecule has 0 spiro atoms. The lowest BCUT2D eigenvalue weighted by Crippen LogP contribution is -2.47. The van der Waals surface area contributed by atoms with Gasteiger partial charge in [-0.1, -0.05) is 38.0 Å². The second-order valence-electron chi connectivity index (χ2n) is 7.96. The Balaban J connectivity index is 1.70. The second kappa shape index (κ2) is 8.38. The highest BCUT2D eigenvalue weighted by molar-refractivity contribution is 5.74. The van der Waals surface area contributed by atoms with E-state index in [4.69, 9.17) is 4.98 Å². The molecular weight excluding hydrogens is 380 g/mol. The Morgan fingerprint density at radius 2 is 1.57 bits per heavy atom. The van der Waals surface area contributed by atoms with Crippen molar-refractivity contribution in [3.05, 3.63) is 51.2 Å². The first-order valence-electron chi connectivity index (χ1n) is 10.7. The molecule has 1 aromatic carbocycles. The minimum Gasteiger partial charge on any atom is -0.368 e. The smallest absolute Gasteiger partial charge is 0.332 e. The van der Waals surface area contributed by atoms with E-state index >= 15 is 0 Å². The molecule has 1 aliphatic heterocycles. The fourth-order valence-electron chi connectivity index (χ4n) is 4.21. The Bertz CT molecular complexity index is 1140. The molecule has 1 aliphatic rings.